The maximum absolute atomic E-state index is 12.9. The van der Waals surface area contributed by atoms with Crippen LogP contribution in [0.15, 0.2) is 48.8 Å². The van der Waals surface area contributed by atoms with Crippen molar-refractivity contribution in [2.75, 3.05) is 13.1 Å². The van der Waals surface area contributed by atoms with Gasteiger partial charge in [-0.15, -0.1) is 0 Å². The Morgan fingerprint density at radius 3 is 2.63 bits per heavy atom. The fourth-order valence-corrected chi connectivity index (χ4v) is 3.85. The van der Waals surface area contributed by atoms with Gasteiger partial charge in [0.1, 0.15) is 18.7 Å². The van der Waals surface area contributed by atoms with Crippen LogP contribution in [-0.2, 0) is 27.5 Å². The normalized spacial score (nSPS) is 16.7. The number of ketones is 1. The van der Waals surface area contributed by atoms with Gasteiger partial charge in [0, 0.05) is 37.1 Å². The molecule has 1 unspecified atom stereocenters. The highest BCUT2D eigenvalue weighted by Crippen LogP contribution is 2.21. The molecule has 0 spiro atoms. The number of carbonyl (C=O) groups excluding carboxylic acids is 3. The van der Waals surface area contributed by atoms with Crippen LogP contribution in [0, 0.1) is 16.0 Å². The predicted molar refractivity (Wildman–Crippen MR) is 126 cm³/mol. The van der Waals surface area contributed by atoms with E-state index in [0.29, 0.717) is 12.0 Å². The van der Waals surface area contributed by atoms with Gasteiger partial charge in [-0.25, -0.2) is 4.79 Å². The molecule has 2 amide bonds. The zero-order chi connectivity index (χ0) is 25.4. The molecule has 1 fully saturated rings. The van der Waals surface area contributed by atoms with E-state index in [-0.39, 0.29) is 43.6 Å². The molecule has 1 aliphatic rings. The number of nitrogens with zero attached hydrogens (tertiary/aromatic N) is 3. The number of amides is 2. The summed E-state index contributed by atoms with van der Waals surface area (Å²) < 4.78 is 5.21. The summed E-state index contributed by atoms with van der Waals surface area (Å²) in [6, 6.07) is 8.14. The van der Waals surface area contributed by atoms with E-state index < -0.39 is 29.0 Å². The first-order chi connectivity index (χ1) is 16.7. The van der Waals surface area contributed by atoms with Crippen LogP contribution in [0.25, 0.3) is 0 Å². The number of ether oxygens (including phenoxy) is 1. The van der Waals surface area contributed by atoms with Crippen molar-refractivity contribution >= 4 is 23.5 Å². The van der Waals surface area contributed by atoms with Gasteiger partial charge in [0.05, 0.1) is 11.5 Å². The Kier molecular flexibility index (Phi) is 8.85. The molecule has 3 rings (SSSR count). The van der Waals surface area contributed by atoms with Crippen LogP contribution in [0.5, 0.6) is 0 Å². The van der Waals surface area contributed by atoms with E-state index in [4.69, 9.17) is 4.74 Å². The predicted octanol–water partition coefficient (Wildman–Crippen LogP) is 2.20. The molecule has 11 nitrogen and oxygen atoms in total. The topological polar surface area (TPSA) is 144 Å². The van der Waals surface area contributed by atoms with Crippen molar-refractivity contribution in [3.63, 3.8) is 0 Å². The molecule has 186 valence electrons. The molecule has 1 aromatic heterocycles. The molecular formula is C24H29N5O6. The summed E-state index contributed by atoms with van der Waals surface area (Å²) in [5.74, 6) is -0.577. The van der Waals surface area contributed by atoms with Crippen molar-refractivity contribution in [1.29, 1.82) is 0 Å². The average molecular weight is 484 g/mol. The Bertz CT molecular complexity index is 1060. The summed E-state index contributed by atoms with van der Waals surface area (Å²) in [5.41, 5.74) is 1.24. The maximum Gasteiger partial charge on any atom is 0.408 e. The number of nitro groups is 1. The van der Waals surface area contributed by atoms with Gasteiger partial charge in [0.15, 0.2) is 5.78 Å². The van der Waals surface area contributed by atoms with Crippen LogP contribution in [0.2, 0.25) is 0 Å². The third-order valence-electron chi connectivity index (χ3n) is 5.54. The van der Waals surface area contributed by atoms with Crippen molar-refractivity contribution in [3.05, 3.63) is 70.0 Å². The Labute approximate surface area is 203 Å². The molecule has 2 heterocycles. The third kappa shape index (κ3) is 7.57. The zero-order valence-electron chi connectivity index (χ0n) is 19.7. The van der Waals surface area contributed by atoms with E-state index in [1.807, 2.05) is 13.8 Å². The fraction of sp³-hybridized carbons (Fsp3) is 0.417. The number of pyridine rings is 1. The second kappa shape index (κ2) is 12.0. The SMILES string of the molecule is CC(C)C[C@H](NC(=O)OCc1ccncc1)C(=O)NC1CN(Cc2ccccc2[N+](=O)[O-])CC1=O. The first-order valence-electron chi connectivity index (χ1n) is 11.3. The number of Topliss-reactive ketones (excluding diaryl/α,β-unsaturated/α-hetero) is 1. The Morgan fingerprint density at radius 2 is 1.94 bits per heavy atom. The number of hydrogen-bond acceptors (Lipinski definition) is 8. The molecule has 1 saturated heterocycles. The molecule has 1 aliphatic heterocycles. The molecule has 2 aromatic rings. The lowest BCUT2D eigenvalue weighted by atomic mass is 10.0. The van der Waals surface area contributed by atoms with Crippen LogP contribution >= 0.6 is 0 Å². The number of hydrogen-bond donors (Lipinski definition) is 2. The monoisotopic (exact) mass is 483 g/mol. The van der Waals surface area contributed by atoms with Crippen LogP contribution in [0.3, 0.4) is 0 Å². The summed E-state index contributed by atoms with van der Waals surface area (Å²) in [7, 11) is 0. The average Bonchev–Trinajstić information content (AvgIpc) is 3.16. The lowest BCUT2D eigenvalue weighted by molar-refractivity contribution is -0.385. The largest absolute Gasteiger partial charge is 0.445 e. The van der Waals surface area contributed by atoms with E-state index in [0.717, 1.165) is 5.56 Å². The number of alkyl carbamates (subject to hydrolysis) is 1. The minimum atomic E-state index is -0.878. The second-order valence-corrected chi connectivity index (χ2v) is 8.84. The number of likely N-dealkylation sites (tertiary alicyclic amines) is 1. The molecule has 11 heteroatoms. The van der Waals surface area contributed by atoms with Gasteiger partial charge in [-0.2, -0.15) is 0 Å². The van der Waals surface area contributed by atoms with Crippen LogP contribution < -0.4 is 10.6 Å². The first-order valence-corrected chi connectivity index (χ1v) is 11.3. The maximum atomic E-state index is 12.9. The zero-order valence-corrected chi connectivity index (χ0v) is 19.7. The first kappa shape index (κ1) is 25.8. The Morgan fingerprint density at radius 1 is 1.23 bits per heavy atom. The standard InChI is InChI=1S/C24H29N5O6/c1-16(2)11-19(27-24(32)35-15-17-7-9-25-10-8-17)23(31)26-20-13-28(14-22(20)30)12-18-5-3-4-6-21(18)29(33)34/h3-10,16,19-20H,11-15H2,1-2H3,(H,26,31)(H,27,32)/t19-,20?/m0/s1. The highest BCUT2D eigenvalue weighted by molar-refractivity contribution is 5.94. The molecule has 2 N–H and O–H groups in total. The number of aromatic nitrogens is 1. The molecule has 0 aliphatic carbocycles. The van der Waals surface area contributed by atoms with Crippen LogP contribution in [0.4, 0.5) is 10.5 Å². The smallest absolute Gasteiger partial charge is 0.408 e. The van der Waals surface area contributed by atoms with Gasteiger partial charge in [-0.3, -0.25) is 29.6 Å². The number of nitro benzene ring substituents is 1. The van der Waals surface area contributed by atoms with E-state index in [1.165, 1.54) is 6.07 Å². The van der Waals surface area contributed by atoms with Gasteiger partial charge in [0.25, 0.3) is 5.69 Å². The fourth-order valence-electron chi connectivity index (χ4n) is 3.85. The van der Waals surface area contributed by atoms with Gasteiger partial charge >= 0.3 is 6.09 Å². The van der Waals surface area contributed by atoms with E-state index >= 15 is 0 Å². The molecule has 1 aromatic carbocycles. The number of benzene rings is 1. The van der Waals surface area contributed by atoms with Crippen molar-refractivity contribution in [2.24, 2.45) is 5.92 Å². The highest BCUT2D eigenvalue weighted by atomic mass is 16.6. The quantitative estimate of drug-likeness (QED) is 0.387. The molecular weight excluding hydrogens is 454 g/mol. The van der Waals surface area contributed by atoms with E-state index in [9.17, 15) is 24.5 Å². The minimum Gasteiger partial charge on any atom is -0.445 e. The summed E-state index contributed by atoms with van der Waals surface area (Å²) in [6.07, 6.45) is 2.79. The molecule has 35 heavy (non-hydrogen) atoms. The van der Waals surface area contributed by atoms with Gasteiger partial charge in [-0.05, 0) is 30.0 Å². The van der Waals surface area contributed by atoms with Crippen molar-refractivity contribution in [3.8, 4) is 0 Å². The number of rotatable bonds is 10. The lowest BCUT2D eigenvalue weighted by Crippen LogP contribution is -2.52. The summed E-state index contributed by atoms with van der Waals surface area (Å²) in [6.45, 7) is 4.36. The molecule has 0 bridgehead atoms. The lowest BCUT2D eigenvalue weighted by Gasteiger charge is -2.22. The summed E-state index contributed by atoms with van der Waals surface area (Å²) in [4.78, 5) is 54.3. The summed E-state index contributed by atoms with van der Waals surface area (Å²) in [5, 5.41) is 16.6. The third-order valence-corrected chi connectivity index (χ3v) is 5.54. The second-order valence-electron chi connectivity index (χ2n) is 8.84. The molecule has 2 atom stereocenters. The molecule has 0 radical (unpaired) electrons. The van der Waals surface area contributed by atoms with Gasteiger partial charge < -0.3 is 15.4 Å². The summed E-state index contributed by atoms with van der Waals surface area (Å²) >= 11 is 0. The number of carbonyl (C=O) groups is 3. The number of nitrogens with one attached hydrogen (secondary N) is 2. The number of para-hydroxylation sites is 1. The van der Waals surface area contributed by atoms with Gasteiger partial charge in [-0.1, -0.05) is 32.0 Å². The van der Waals surface area contributed by atoms with Crippen molar-refractivity contribution in [2.45, 2.75) is 45.5 Å². The van der Waals surface area contributed by atoms with Crippen molar-refractivity contribution in [1.82, 2.24) is 20.5 Å². The highest BCUT2D eigenvalue weighted by Gasteiger charge is 2.34. The minimum absolute atomic E-state index is 0.0149. The van der Waals surface area contributed by atoms with E-state index in [2.05, 4.69) is 15.6 Å². The molecule has 0 saturated carbocycles. The Balaban J connectivity index is 1.57. The van der Waals surface area contributed by atoms with E-state index in [1.54, 1.807) is 47.6 Å². The Hall–Kier alpha value is -3.86. The van der Waals surface area contributed by atoms with Crippen LogP contribution in [0.1, 0.15) is 31.4 Å². The van der Waals surface area contributed by atoms with Gasteiger partial charge in [0.2, 0.25) is 5.91 Å². The van der Waals surface area contributed by atoms with Crippen molar-refractivity contribution < 1.29 is 24.0 Å². The van der Waals surface area contributed by atoms with Crippen LogP contribution in [-0.4, -0.2) is 57.8 Å².